The molecule has 0 aliphatic heterocycles. The topological polar surface area (TPSA) is 3.24 Å². The van der Waals surface area contributed by atoms with Gasteiger partial charge in [-0.25, -0.2) is 0 Å². The van der Waals surface area contributed by atoms with Crippen LogP contribution < -0.4 is 4.90 Å². The van der Waals surface area contributed by atoms with Gasteiger partial charge in [-0.05, 0) is 72.0 Å². The van der Waals surface area contributed by atoms with E-state index >= 15 is 0 Å². The number of fused-ring (bicyclic) bond motifs is 3. The van der Waals surface area contributed by atoms with Crippen LogP contribution in [0, 0.1) is 6.92 Å². The number of hydrogen-bond acceptors (Lipinski definition) is 1. The van der Waals surface area contributed by atoms with Gasteiger partial charge in [-0.1, -0.05) is 80.1 Å². The third-order valence-electron chi connectivity index (χ3n) is 6.34. The lowest BCUT2D eigenvalue weighted by Crippen LogP contribution is -2.18. The molecule has 0 saturated heterocycles. The Morgan fingerprint density at radius 2 is 1.50 bits per heavy atom. The lowest BCUT2D eigenvalue weighted by atomic mass is 9.82. The molecule has 0 spiro atoms. The fraction of sp³-hybridized carbons (Fsp3) is 0.172. The van der Waals surface area contributed by atoms with Crippen LogP contribution >= 0.6 is 0 Å². The molecule has 5 rings (SSSR count). The summed E-state index contributed by atoms with van der Waals surface area (Å²) in [7, 11) is 0. The smallest absolute Gasteiger partial charge is 0.0465 e. The summed E-state index contributed by atoms with van der Waals surface area (Å²) in [5, 5.41) is 0. The molecule has 1 nitrogen and oxygen atoms in total. The molecule has 30 heavy (non-hydrogen) atoms. The van der Waals surface area contributed by atoms with E-state index in [2.05, 4.69) is 123 Å². The van der Waals surface area contributed by atoms with Crippen LogP contribution in [0.25, 0.3) is 11.1 Å². The zero-order valence-corrected chi connectivity index (χ0v) is 17.9. The van der Waals surface area contributed by atoms with Crippen molar-refractivity contribution in [3.63, 3.8) is 0 Å². The van der Waals surface area contributed by atoms with E-state index in [0.29, 0.717) is 0 Å². The van der Waals surface area contributed by atoms with Crippen LogP contribution in [0.3, 0.4) is 0 Å². The van der Waals surface area contributed by atoms with Gasteiger partial charge >= 0.3 is 0 Å². The SMILES string of the molecule is Cc1ccc(N(C2=CC=CCC=C2)c2ccc3c(c2)C(C)(C)c2ccccc2-3)cc1. The van der Waals surface area contributed by atoms with Gasteiger partial charge in [0.1, 0.15) is 0 Å². The van der Waals surface area contributed by atoms with Gasteiger partial charge in [0.15, 0.2) is 0 Å². The fourth-order valence-corrected chi connectivity index (χ4v) is 4.69. The molecular formula is C29H27N. The molecule has 0 saturated carbocycles. The predicted molar refractivity (Wildman–Crippen MR) is 128 cm³/mol. The Bertz CT molecular complexity index is 1190. The second-order valence-electron chi connectivity index (χ2n) is 8.73. The minimum absolute atomic E-state index is 0.00550. The zero-order chi connectivity index (χ0) is 20.7. The third kappa shape index (κ3) is 3.02. The van der Waals surface area contributed by atoms with Crippen LogP contribution in [-0.2, 0) is 5.41 Å². The van der Waals surface area contributed by atoms with Crippen molar-refractivity contribution in [3.05, 3.63) is 119 Å². The average Bonchev–Trinajstić information content (AvgIpc) is 2.92. The molecular weight excluding hydrogens is 362 g/mol. The van der Waals surface area contributed by atoms with Crippen molar-refractivity contribution >= 4 is 11.4 Å². The molecule has 2 aliphatic carbocycles. The zero-order valence-electron chi connectivity index (χ0n) is 17.9. The van der Waals surface area contributed by atoms with Gasteiger partial charge in [0, 0.05) is 22.5 Å². The number of nitrogens with zero attached hydrogens (tertiary/aromatic N) is 1. The van der Waals surface area contributed by atoms with Crippen LogP contribution in [0.15, 0.2) is 103 Å². The summed E-state index contributed by atoms with van der Waals surface area (Å²) >= 11 is 0. The Kier molecular flexibility index (Phi) is 4.47. The maximum atomic E-state index is 2.39. The molecule has 0 radical (unpaired) electrons. The molecule has 0 unspecified atom stereocenters. The molecule has 148 valence electrons. The van der Waals surface area contributed by atoms with E-state index in [-0.39, 0.29) is 5.41 Å². The molecule has 0 heterocycles. The lowest BCUT2D eigenvalue weighted by molar-refractivity contribution is 0.660. The fourth-order valence-electron chi connectivity index (χ4n) is 4.69. The van der Waals surface area contributed by atoms with Crippen LogP contribution in [-0.4, -0.2) is 0 Å². The predicted octanol–water partition coefficient (Wildman–Crippen LogP) is 7.84. The summed E-state index contributed by atoms with van der Waals surface area (Å²) < 4.78 is 0. The van der Waals surface area contributed by atoms with E-state index in [1.54, 1.807) is 0 Å². The molecule has 0 N–H and O–H groups in total. The summed E-state index contributed by atoms with van der Waals surface area (Å²) in [4.78, 5) is 2.37. The maximum Gasteiger partial charge on any atom is 0.0465 e. The van der Waals surface area contributed by atoms with E-state index < -0.39 is 0 Å². The summed E-state index contributed by atoms with van der Waals surface area (Å²) in [6.07, 6.45) is 12.0. The molecule has 0 amide bonds. The molecule has 0 atom stereocenters. The Morgan fingerprint density at radius 1 is 0.767 bits per heavy atom. The summed E-state index contributed by atoms with van der Waals surface area (Å²) in [6.45, 7) is 6.81. The Morgan fingerprint density at radius 3 is 2.33 bits per heavy atom. The second-order valence-corrected chi connectivity index (χ2v) is 8.73. The molecule has 0 fully saturated rings. The highest BCUT2D eigenvalue weighted by molar-refractivity contribution is 5.84. The van der Waals surface area contributed by atoms with Crippen molar-refractivity contribution < 1.29 is 0 Å². The highest BCUT2D eigenvalue weighted by Gasteiger charge is 2.35. The molecule has 1 heteroatoms. The van der Waals surface area contributed by atoms with E-state index in [9.17, 15) is 0 Å². The molecule has 0 bridgehead atoms. The lowest BCUT2D eigenvalue weighted by Gasteiger charge is -2.28. The Labute approximate surface area is 179 Å². The number of benzene rings is 3. The quantitative estimate of drug-likeness (QED) is 0.441. The van der Waals surface area contributed by atoms with Crippen LogP contribution in [0.5, 0.6) is 0 Å². The van der Waals surface area contributed by atoms with E-state index in [4.69, 9.17) is 0 Å². The largest absolute Gasteiger partial charge is 0.311 e. The van der Waals surface area contributed by atoms with Crippen molar-refractivity contribution in [1.29, 1.82) is 0 Å². The highest BCUT2D eigenvalue weighted by atomic mass is 15.1. The standard InChI is InChI=1S/C29H27N/c1-21-14-16-23(17-15-21)30(22-10-6-4-5-7-11-22)24-18-19-26-25-12-8-9-13-27(25)29(2,3)28(26)20-24/h4,6-20H,5H2,1-3H3. The first kappa shape index (κ1) is 18.7. The first-order chi connectivity index (χ1) is 14.6. The molecule has 0 aromatic heterocycles. The number of aryl methyl sites for hydroxylation is 1. The third-order valence-corrected chi connectivity index (χ3v) is 6.34. The number of anilines is 2. The highest BCUT2D eigenvalue weighted by Crippen LogP contribution is 2.50. The van der Waals surface area contributed by atoms with Gasteiger partial charge in [-0.2, -0.15) is 0 Å². The van der Waals surface area contributed by atoms with E-state index in [1.807, 2.05) is 0 Å². The minimum atomic E-state index is -0.00550. The molecule has 2 aliphatic rings. The van der Waals surface area contributed by atoms with Gasteiger partial charge in [0.05, 0.1) is 0 Å². The monoisotopic (exact) mass is 389 g/mol. The summed E-state index contributed by atoms with van der Waals surface area (Å²) in [6, 6.07) is 24.6. The van der Waals surface area contributed by atoms with Gasteiger partial charge in [0.25, 0.3) is 0 Å². The maximum absolute atomic E-state index is 2.39. The number of allylic oxidation sites excluding steroid dienone is 5. The van der Waals surface area contributed by atoms with Crippen molar-refractivity contribution in [1.82, 2.24) is 0 Å². The summed E-state index contributed by atoms with van der Waals surface area (Å²) in [5.74, 6) is 0. The first-order valence-corrected chi connectivity index (χ1v) is 10.7. The van der Waals surface area contributed by atoms with Gasteiger partial charge in [0.2, 0.25) is 0 Å². The van der Waals surface area contributed by atoms with Gasteiger partial charge in [-0.15, -0.1) is 0 Å². The Hall–Kier alpha value is -3.32. The van der Waals surface area contributed by atoms with Gasteiger partial charge in [-0.3, -0.25) is 0 Å². The van der Waals surface area contributed by atoms with Gasteiger partial charge < -0.3 is 4.90 Å². The van der Waals surface area contributed by atoms with Crippen LogP contribution in [0.1, 0.15) is 37.0 Å². The van der Waals surface area contributed by atoms with Crippen molar-refractivity contribution in [3.8, 4) is 11.1 Å². The van der Waals surface area contributed by atoms with Crippen molar-refractivity contribution in [2.75, 3.05) is 4.90 Å². The Balaban J connectivity index is 1.68. The van der Waals surface area contributed by atoms with Crippen molar-refractivity contribution in [2.24, 2.45) is 0 Å². The van der Waals surface area contributed by atoms with Crippen molar-refractivity contribution in [2.45, 2.75) is 32.6 Å². The second kappa shape index (κ2) is 7.18. The molecule has 3 aromatic rings. The normalized spacial score (nSPS) is 15.9. The number of rotatable bonds is 3. The van der Waals surface area contributed by atoms with E-state index in [0.717, 1.165) is 6.42 Å². The minimum Gasteiger partial charge on any atom is -0.311 e. The van der Waals surface area contributed by atoms with E-state index in [1.165, 1.54) is 44.9 Å². The van der Waals surface area contributed by atoms with Crippen LogP contribution in [0.2, 0.25) is 0 Å². The van der Waals surface area contributed by atoms with Crippen LogP contribution in [0.4, 0.5) is 11.4 Å². The molecule has 3 aromatic carbocycles. The summed E-state index contributed by atoms with van der Waals surface area (Å²) in [5.41, 5.74) is 10.4. The first-order valence-electron chi connectivity index (χ1n) is 10.7. The number of hydrogen-bond donors (Lipinski definition) is 0. The average molecular weight is 390 g/mol.